The first-order valence-corrected chi connectivity index (χ1v) is 11.1. The highest BCUT2D eigenvalue weighted by molar-refractivity contribution is 6.30. The number of aromatic nitrogens is 1. The van der Waals surface area contributed by atoms with Gasteiger partial charge in [-0.3, -0.25) is 4.79 Å². The molecule has 4 nitrogen and oxygen atoms in total. The zero-order chi connectivity index (χ0) is 21.1. The minimum absolute atomic E-state index is 0.0182. The number of aryl methyl sites for hydroxylation is 1. The van der Waals surface area contributed by atoms with Crippen molar-refractivity contribution in [3.63, 3.8) is 0 Å². The Morgan fingerprint density at radius 1 is 1.07 bits per heavy atom. The molecule has 30 heavy (non-hydrogen) atoms. The van der Waals surface area contributed by atoms with Crippen LogP contribution in [0.4, 0.5) is 5.82 Å². The molecule has 2 aromatic carbocycles. The van der Waals surface area contributed by atoms with Crippen molar-refractivity contribution in [3.05, 3.63) is 70.7 Å². The summed E-state index contributed by atoms with van der Waals surface area (Å²) in [6.07, 6.45) is 3.73. The highest BCUT2D eigenvalue weighted by Gasteiger charge is 2.27. The summed E-state index contributed by atoms with van der Waals surface area (Å²) in [7, 11) is 0. The first-order chi connectivity index (χ1) is 14.5. The van der Waals surface area contributed by atoms with E-state index in [4.69, 9.17) is 16.6 Å². The lowest BCUT2D eigenvalue weighted by atomic mass is 9.85. The maximum atomic E-state index is 12.7. The zero-order valence-electron chi connectivity index (χ0n) is 17.5. The van der Waals surface area contributed by atoms with Gasteiger partial charge in [0.25, 0.3) is 0 Å². The molecule has 1 atom stereocenters. The normalized spacial score (nSPS) is 20.0. The Bertz CT molecular complexity index is 1030. The summed E-state index contributed by atoms with van der Waals surface area (Å²) < 4.78 is 0. The number of carbonyl (C=O) groups is 1. The van der Waals surface area contributed by atoms with E-state index in [-0.39, 0.29) is 17.9 Å². The number of amides is 1. The molecule has 0 unspecified atom stereocenters. The SMILES string of the molecule is Cc1cc(NC2CCC(C(=O)N[C@@H](C)c3ccc(Cl)cc3)CC2)nc2ccccc12. The Morgan fingerprint density at radius 3 is 2.50 bits per heavy atom. The number of pyridine rings is 1. The van der Waals surface area contributed by atoms with Crippen LogP contribution in [0.1, 0.15) is 49.8 Å². The monoisotopic (exact) mass is 421 g/mol. The lowest BCUT2D eigenvalue weighted by Gasteiger charge is -2.29. The van der Waals surface area contributed by atoms with Crippen molar-refractivity contribution in [2.75, 3.05) is 5.32 Å². The smallest absolute Gasteiger partial charge is 0.223 e. The molecule has 3 aromatic rings. The molecule has 2 N–H and O–H groups in total. The van der Waals surface area contributed by atoms with E-state index in [9.17, 15) is 4.79 Å². The molecular formula is C25H28ClN3O. The van der Waals surface area contributed by atoms with Crippen LogP contribution in [0.25, 0.3) is 10.9 Å². The number of nitrogens with zero attached hydrogens (tertiary/aromatic N) is 1. The summed E-state index contributed by atoms with van der Waals surface area (Å²) in [5.74, 6) is 1.15. The molecule has 1 aliphatic carbocycles. The van der Waals surface area contributed by atoms with Gasteiger partial charge < -0.3 is 10.6 Å². The van der Waals surface area contributed by atoms with E-state index in [0.29, 0.717) is 11.1 Å². The number of carbonyl (C=O) groups excluding carboxylic acids is 1. The molecule has 156 valence electrons. The van der Waals surface area contributed by atoms with Gasteiger partial charge in [0.05, 0.1) is 11.6 Å². The minimum atomic E-state index is -0.0182. The van der Waals surface area contributed by atoms with Crippen molar-refractivity contribution in [1.29, 1.82) is 0 Å². The molecule has 1 fully saturated rings. The first kappa shape index (κ1) is 20.7. The summed E-state index contributed by atoms with van der Waals surface area (Å²) >= 11 is 5.96. The van der Waals surface area contributed by atoms with Crippen LogP contribution >= 0.6 is 11.6 Å². The third-order valence-corrected chi connectivity index (χ3v) is 6.35. The Kier molecular flexibility index (Phi) is 6.24. The van der Waals surface area contributed by atoms with Gasteiger partial charge in [-0.15, -0.1) is 0 Å². The van der Waals surface area contributed by atoms with Crippen LogP contribution in [-0.4, -0.2) is 16.9 Å². The van der Waals surface area contributed by atoms with Crippen molar-refractivity contribution in [2.24, 2.45) is 5.92 Å². The Morgan fingerprint density at radius 2 is 1.77 bits per heavy atom. The number of benzene rings is 2. The molecule has 5 heteroatoms. The summed E-state index contributed by atoms with van der Waals surface area (Å²) in [6, 6.07) is 18.3. The highest BCUT2D eigenvalue weighted by Crippen LogP contribution is 2.28. The maximum Gasteiger partial charge on any atom is 0.223 e. The topological polar surface area (TPSA) is 54.0 Å². The fourth-order valence-electron chi connectivity index (χ4n) is 4.30. The van der Waals surface area contributed by atoms with Crippen molar-refractivity contribution in [1.82, 2.24) is 10.3 Å². The summed E-state index contributed by atoms with van der Waals surface area (Å²) in [5, 5.41) is 8.65. The first-order valence-electron chi connectivity index (χ1n) is 10.7. The molecule has 1 amide bonds. The number of para-hydroxylation sites is 1. The number of hydrogen-bond acceptors (Lipinski definition) is 3. The summed E-state index contributed by atoms with van der Waals surface area (Å²) in [6.45, 7) is 4.14. The maximum absolute atomic E-state index is 12.7. The number of anilines is 1. The van der Waals surface area contributed by atoms with Gasteiger partial charge in [-0.2, -0.15) is 0 Å². The van der Waals surface area contributed by atoms with Gasteiger partial charge in [0.2, 0.25) is 5.91 Å². The number of rotatable bonds is 5. The molecular weight excluding hydrogens is 394 g/mol. The van der Waals surface area contributed by atoms with Crippen LogP contribution in [0, 0.1) is 12.8 Å². The van der Waals surface area contributed by atoms with E-state index in [1.807, 2.05) is 43.3 Å². The molecule has 0 bridgehead atoms. The van der Waals surface area contributed by atoms with E-state index in [2.05, 4.69) is 35.8 Å². The van der Waals surface area contributed by atoms with Crippen LogP contribution in [0.2, 0.25) is 5.02 Å². The summed E-state index contributed by atoms with van der Waals surface area (Å²) in [5.41, 5.74) is 3.32. The Balaban J connectivity index is 1.31. The van der Waals surface area contributed by atoms with Crippen LogP contribution in [-0.2, 0) is 4.79 Å². The second-order valence-electron chi connectivity index (χ2n) is 8.32. The van der Waals surface area contributed by atoms with Gasteiger partial charge in [-0.05, 0) is 74.9 Å². The molecule has 0 saturated heterocycles. The third kappa shape index (κ3) is 4.76. The minimum Gasteiger partial charge on any atom is -0.367 e. The fraction of sp³-hybridized carbons (Fsp3) is 0.360. The Labute approximate surface area is 183 Å². The molecule has 1 saturated carbocycles. The van der Waals surface area contributed by atoms with Crippen molar-refractivity contribution in [2.45, 2.75) is 51.6 Å². The zero-order valence-corrected chi connectivity index (χ0v) is 18.2. The number of fused-ring (bicyclic) bond motifs is 1. The molecule has 0 aliphatic heterocycles. The van der Waals surface area contributed by atoms with Gasteiger partial charge >= 0.3 is 0 Å². The van der Waals surface area contributed by atoms with E-state index in [0.717, 1.165) is 42.6 Å². The quantitative estimate of drug-likeness (QED) is 0.527. The Hall–Kier alpha value is -2.59. The molecule has 1 heterocycles. The number of halogens is 1. The second-order valence-corrected chi connectivity index (χ2v) is 8.75. The van der Waals surface area contributed by atoms with Crippen molar-refractivity contribution >= 4 is 34.2 Å². The molecule has 4 rings (SSSR count). The van der Waals surface area contributed by atoms with Gasteiger partial charge in [0, 0.05) is 22.4 Å². The van der Waals surface area contributed by atoms with Crippen molar-refractivity contribution in [3.8, 4) is 0 Å². The van der Waals surface area contributed by atoms with E-state index >= 15 is 0 Å². The van der Waals surface area contributed by atoms with E-state index in [1.54, 1.807) is 0 Å². The molecule has 1 aliphatic rings. The summed E-state index contributed by atoms with van der Waals surface area (Å²) in [4.78, 5) is 17.5. The van der Waals surface area contributed by atoms with E-state index < -0.39 is 0 Å². The fourth-order valence-corrected chi connectivity index (χ4v) is 4.42. The van der Waals surface area contributed by atoms with Crippen molar-refractivity contribution < 1.29 is 4.79 Å². The van der Waals surface area contributed by atoms with Crippen LogP contribution in [0.5, 0.6) is 0 Å². The number of nitrogens with one attached hydrogen (secondary N) is 2. The lowest BCUT2D eigenvalue weighted by Crippen LogP contribution is -2.37. The van der Waals surface area contributed by atoms with Gasteiger partial charge in [0.15, 0.2) is 0 Å². The predicted molar refractivity (Wildman–Crippen MR) is 124 cm³/mol. The van der Waals surface area contributed by atoms with Gasteiger partial charge in [-0.25, -0.2) is 4.98 Å². The second kappa shape index (κ2) is 9.05. The van der Waals surface area contributed by atoms with Gasteiger partial charge in [-0.1, -0.05) is 41.9 Å². The predicted octanol–water partition coefficient (Wildman–Crippen LogP) is 6.04. The highest BCUT2D eigenvalue weighted by atomic mass is 35.5. The molecule has 1 aromatic heterocycles. The average Bonchev–Trinajstić information content (AvgIpc) is 2.74. The van der Waals surface area contributed by atoms with Gasteiger partial charge in [0.1, 0.15) is 5.82 Å². The van der Waals surface area contributed by atoms with Crippen LogP contribution in [0.3, 0.4) is 0 Å². The van der Waals surface area contributed by atoms with Crippen LogP contribution < -0.4 is 10.6 Å². The number of hydrogen-bond donors (Lipinski definition) is 2. The third-order valence-electron chi connectivity index (χ3n) is 6.10. The van der Waals surface area contributed by atoms with Crippen LogP contribution in [0.15, 0.2) is 54.6 Å². The van der Waals surface area contributed by atoms with E-state index in [1.165, 1.54) is 10.9 Å². The lowest BCUT2D eigenvalue weighted by molar-refractivity contribution is -0.126. The largest absolute Gasteiger partial charge is 0.367 e. The molecule has 0 radical (unpaired) electrons. The standard InChI is InChI=1S/C25H28ClN3O/c1-16-15-24(29-23-6-4-3-5-22(16)23)28-21-13-9-19(10-14-21)25(30)27-17(2)18-7-11-20(26)12-8-18/h3-8,11-12,15,17,19,21H,9-10,13-14H2,1-2H3,(H,27,30)(H,28,29)/t17-,19?,21?/m0/s1. The average molecular weight is 422 g/mol. The molecule has 0 spiro atoms.